The molecular formula is C13H25O2. The summed E-state index contributed by atoms with van der Waals surface area (Å²) in [6, 6.07) is 0. The lowest BCUT2D eigenvalue weighted by molar-refractivity contribution is -0.00490. The largest absolute Gasteiger partial charge is 0.390 e. The molecule has 15 heavy (non-hydrogen) atoms. The Morgan fingerprint density at radius 3 is 2.40 bits per heavy atom. The van der Waals surface area contributed by atoms with Crippen molar-refractivity contribution in [2.75, 3.05) is 7.11 Å². The molecule has 0 heterocycles. The zero-order valence-corrected chi connectivity index (χ0v) is 10.1. The molecule has 0 aromatic rings. The fourth-order valence-electron chi connectivity index (χ4n) is 1.33. The van der Waals surface area contributed by atoms with E-state index in [1.165, 1.54) is 6.42 Å². The fourth-order valence-corrected chi connectivity index (χ4v) is 1.33. The molecule has 0 fully saturated rings. The lowest BCUT2D eigenvalue weighted by Gasteiger charge is -2.16. The number of unbranched alkanes of at least 4 members (excludes halogenated alkanes) is 3. The maximum atomic E-state index is 9.60. The Morgan fingerprint density at radius 1 is 1.27 bits per heavy atom. The van der Waals surface area contributed by atoms with E-state index in [1.54, 1.807) is 7.11 Å². The number of rotatable bonds is 9. The Morgan fingerprint density at radius 2 is 1.87 bits per heavy atom. The Hall–Kier alpha value is -0.340. The topological polar surface area (TPSA) is 29.5 Å². The molecule has 0 saturated heterocycles. The molecule has 1 radical (unpaired) electrons. The Kier molecular flexibility index (Phi) is 9.96. The first-order valence-electron chi connectivity index (χ1n) is 5.87. The van der Waals surface area contributed by atoms with Gasteiger partial charge in [-0.15, -0.1) is 0 Å². The van der Waals surface area contributed by atoms with Gasteiger partial charge in [0.1, 0.15) is 0 Å². The van der Waals surface area contributed by atoms with Crippen LogP contribution in [0.2, 0.25) is 0 Å². The average Bonchev–Trinajstić information content (AvgIpc) is 2.26. The highest BCUT2D eigenvalue weighted by atomic mass is 16.5. The Balaban J connectivity index is 3.33. The molecule has 0 spiro atoms. The summed E-state index contributed by atoms with van der Waals surface area (Å²) >= 11 is 0. The highest BCUT2D eigenvalue weighted by Crippen LogP contribution is 2.08. The van der Waals surface area contributed by atoms with Gasteiger partial charge < -0.3 is 9.84 Å². The van der Waals surface area contributed by atoms with Crippen LogP contribution in [0.1, 0.15) is 45.4 Å². The van der Waals surface area contributed by atoms with Gasteiger partial charge in [-0.1, -0.05) is 25.5 Å². The molecule has 89 valence electrons. The molecule has 0 rings (SSSR count). The number of hydrogen-bond donors (Lipinski definition) is 1. The van der Waals surface area contributed by atoms with Gasteiger partial charge in [0.25, 0.3) is 0 Å². The molecule has 0 aromatic carbocycles. The molecule has 2 unspecified atom stereocenters. The van der Waals surface area contributed by atoms with Gasteiger partial charge in [-0.05, 0) is 39.0 Å². The van der Waals surface area contributed by atoms with E-state index in [-0.39, 0.29) is 12.2 Å². The third-order valence-electron chi connectivity index (χ3n) is 2.57. The van der Waals surface area contributed by atoms with E-state index in [4.69, 9.17) is 4.74 Å². The molecule has 0 aromatic heterocycles. The van der Waals surface area contributed by atoms with Gasteiger partial charge >= 0.3 is 0 Å². The molecule has 1 N–H and O–H groups in total. The lowest BCUT2D eigenvalue weighted by Crippen LogP contribution is -2.24. The Labute approximate surface area is 94.3 Å². The van der Waals surface area contributed by atoms with E-state index in [1.807, 2.05) is 6.92 Å². The van der Waals surface area contributed by atoms with Gasteiger partial charge in [-0.2, -0.15) is 0 Å². The molecule has 0 aliphatic rings. The van der Waals surface area contributed by atoms with Crippen LogP contribution in [0.15, 0.2) is 12.2 Å². The first kappa shape index (κ1) is 14.7. The van der Waals surface area contributed by atoms with Crippen molar-refractivity contribution in [1.82, 2.24) is 0 Å². The van der Waals surface area contributed by atoms with Crippen LogP contribution < -0.4 is 0 Å². The molecule has 2 atom stereocenters. The third kappa shape index (κ3) is 8.64. The second-order valence-corrected chi connectivity index (χ2v) is 3.91. The predicted molar refractivity (Wildman–Crippen MR) is 64.7 cm³/mol. The summed E-state index contributed by atoms with van der Waals surface area (Å²) in [6.07, 6.45) is 10.2. The summed E-state index contributed by atoms with van der Waals surface area (Å²) in [5.41, 5.74) is 0. The van der Waals surface area contributed by atoms with Crippen molar-refractivity contribution in [3.05, 3.63) is 19.1 Å². The summed E-state index contributed by atoms with van der Waals surface area (Å²) < 4.78 is 5.05. The van der Waals surface area contributed by atoms with Crippen LogP contribution in [0, 0.1) is 6.92 Å². The minimum absolute atomic E-state index is 0.0554. The van der Waals surface area contributed by atoms with Crippen LogP contribution >= 0.6 is 0 Å². The quantitative estimate of drug-likeness (QED) is 0.471. The van der Waals surface area contributed by atoms with Gasteiger partial charge in [-0.25, -0.2) is 0 Å². The number of methoxy groups -OCH3 is 1. The zero-order chi connectivity index (χ0) is 11.5. The van der Waals surface area contributed by atoms with E-state index >= 15 is 0 Å². The second-order valence-electron chi connectivity index (χ2n) is 3.91. The van der Waals surface area contributed by atoms with E-state index in [0.717, 1.165) is 32.1 Å². The standard InChI is InChI=1S/C13H25O2/c1-4-5-6-7-8-9-10-11-13(14)12(2)15-3/h7-8,12-14H,1,4-6,9-11H2,2-3H3. The van der Waals surface area contributed by atoms with Crippen LogP contribution in [-0.2, 0) is 4.74 Å². The smallest absolute Gasteiger partial charge is 0.0802 e. The molecule has 0 aliphatic carbocycles. The minimum Gasteiger partial charge on any atom is -0.390 e. The van der Waals surface area contributed by atoms with Gasteiger partial charge in [0.05, 0.1) is 12.2 Å². The SMILES string of the molecule is [CH2]CCCC=CCCCC(O)C(C)OC. The summed E-state index contributed by atoms with van der Waals surface area (Å²) in [7, 11) is 1.63. The van der Waals surface area contributed by atoms with Gasteiger partial charge in [-0.3, -0.25) is 0 Å². The maximum Gasteiger partial charge on any atom is 0.0802 e. The van der Waals surface area contributed by atoms with E-state index < -0.39 is 0 Å². The van der Waals surface area contributed by atoms with Gasteiger partial charge in [0.2, 0.25) is 0 Å². The van der Waals surface area contributed by atoms with Crippen molar-refractivity contribution >= 4 is 0 Å². The van der Waals surface area contributed by atoms with Gasteiger partial charge in [0, 0.05) is 7.11 Å². The van der Waals surface area contributed by atoms with Crippen LogP contribution in [0.25, 0.3) is 0 Å². The predicted octanol–water partition coefficient (Wildman–Crippen LogP) is 3.11. The number of hydrogen-bond acceptors (Lipinski definition) is 2. The monoisotopic (exact) mass is 213 g/mol. The highest BCUT2D eigenvalue weighted by molar-refractivity contribution is 4.82. The fraction of sp³-hybridized carbons (Fsp3) is 0.769. The van der Waals surface area contributed by atoms with Crippen LogP contribution in [0.5, 0.6) is 0 Å². The van der Waals surface area contributed by atoms with Gasteiger partial charge in [0.15, 0.2) is 0 Å². The molecule has 0 aliphatic heterocycles. The number of ether oxygens (including phenoxy) is 1. The van der Waals surface area contributed by atoms with Crippen LogP contribution in [0.3, 0.4) is 0 Å². The third-order valence-corrected chi connectivity index (χ3v) is 2.57. The zero-order valence-electron chi connectivity index (χ0n) is 10.1. The van der Waals surface area contributed by atoms with E-state index in [0.29, 0.717) is 0 Å². The molecule has 2 heteroatoms. The summed E-state index contributed by atoms with van der Waals surface area (Å²) in [5.74, 6) is 0. The molecule has 0 bridgehead atoms. The van der Waals surface area contributed by atoms with E-state index in [9.17, 15) is 5.11 Å². The van der Waals surface area contributed by atoms with Crippen LogP contribution in [0.4, 0.5) is 0 Å². The Bertz CT molecular complexity index is 155. The van der Waals surface area contributed by atoms with Crippen molar-refractivity contribution in [3.63, 3.8) is 0 Å². The number of aliphatic hydroxyl groups excluding tert-OH is 1. The molecular weight excluding hydrogens is 188 g/mol. The first-order valence-corrected chi connectivity index (χ1v) is 5.87. The van der Waals surface area contributed by atoms with Crippen molar-refractivity contribution in [2.45, 2.75) is 57.7 Å². The number of aliphatic hydroxyl groups is 1. The second kappa shape index (κ2) is 10.2. The molecule has 0 amide bonds. The van der Waals surface area contributed by atoms with Crippen molar-refractivity contribution < 1.29 is 9.84 Å². The first-order chi connectivity index (χ1) is 7.22. The normalized spacial score (nSPS) is 15.7. The summed E-state index contributed by atoms with van der Waals surface area (Å²) in [5, 5.41) is 9.60. The highest BCUT2D eigenvalue weighted by Gasteiger charge is 2.11. The molecule has 2 nitrogen and oxygen atoms in total. The van der Waals surface area contributed by atoms with Crippen molar-refractivity contribution in [1.29, 1.82) is 0 Å². The van der Waals surface area contributed by atoms with Crippen LogP contribution in [-0.4, -0.2) is 24.4 Å². The van der Waals surface area contributed by atoms with Crippen molar-refractivity contribution in [3.8, 4) is 0 Å². The minimum atomic E-state index is -0.330. The van der Waals surface area contributed by atoms with Crippen molar-refractivity contribution in [2.24, 2.45) is 0 Å². The summed E-state index contributed by atoms with van der Waals surface area (Å²) in [6.45, 7) is 5.69. The maximum absolute atomic E-state index is 9.60. The lowest BCUT2D eigenvalue weighted by atomic mass is 10.1. The number of allylic oxidation sites excluding steroid dienone is 2. The average molecular weight is 213 g/mol. The van der Waals surface area contributed by atoms with E-state index in [2.05, 4.69) is 19.1 Å². The molecule has 0 saturated carbocycles. The summed E-state index contributed by atoms with van der Waals surface area (Å²) in [4.78, 5) is 0.